The van der Waals surface area contributed by atoms with Gasteiger partial charge < -0.3 is 8.82 Å². The fourth-order valence-electron chi connectivity index (χ4n) is 11.6. The lowest BCUT2D eigenvalue weighted by atomic mass is 9.82. The molecule has 6 aliphatic carbocycles. The lowest BCUT2D eigenvalue weighted by molar-refractivity contribution is 0.0891. The van der Waals surface area contributed by atoms with Crippen LogP contribution in [0, 0.1) is 11.8 Å². The lowest BCUT2D eigenvalue weighted by Crippen LogP contribution is -2.15. The maximum Gasteiger partial charge on any atom is 0.166 e. The number of hydrogen-bond acceptors (Lipinski definition) is 3. The lowest BCUT2D eigenvalue weighted by Gasteiger charge is -2.22. The van der Waals surface area contributed by atoms with Crippen molar-refractivity contribution in [1.29, 1.82) is 0 Å². The molecule has 4 heteroatoms. The molecule has 2 saturated carbocycles. The minimum Gasteiger partial charge on any atom is -0.455 e. The van der Waals surface area contributed by atoms with E-state index in [0.717, 1.165) is 117 Å². The van der Waals surface area contributed by atoms with Gasteiger partial charge in [-0.05, 0) is 121 Å². The summed E-state index contributed by atoms with van der Waals surface area (Å²) in [5.74, 6) is 1.66. The summed E-state index contributed by atoms with van der Waals surface area (Å²) in [7, 11) is 0. The summed E-state index contributed by atoms with van der Waals surface area (Å²) in [6, 6.07) is 33.0. The molecule has 4 nitrogen and oxygen atoms in total. The molecule has 9 aromatic rings. The van der Waals surface area contributed by atoms with Crippen molar-refractivity contribution < 1.29 is 14.0 Å². The molecule has 6 aromatic carbocycles. The van der Waals surface area contributed by atoms with Crippen LogP contribution < -0.4 is 0 Å². The summed E-state index contributed by atoms with van der Waals surface area (Å²) >= 11 is 0. The SMILES string of the molecule is O=C1c2cc3c(cc2C2CCC1CC2)c1c(-c2ccccc2)c2oc4cccc5cccc(c54)c2c2c4cc5c(cc4n3c12)C(=O)C1CCC5CC1. The number of benzene rings is 6. The van der Waals surface area contributed by atoms with Crippen LogP contribution in [0.15, 0.2) is 95.4 Å². The molecule has 250 valence electrons. The second-order valence-electron chi connectivity index (χ2n) is 16.4. The summed E-state index contributed by atoms with van der Waals surface area (Å²) in [6.45, 7) is 0. The predicted molar refractivity (Wildman–Crippen MR) is 209 cm³/mol. The predicted octanol–water partition coefficient (Wildman–Crippen LogP) is 12.5. The quantitative estimate of drug-likeness (QED) is 0.129. The van der Waals surface area contributed by atoms with Gasteiger partial charge in [-0.1, -0.05) is 60.7 Å². The van der Waals surface area contributed by atoms with E-state index < -0.39 is 0 Å². The van der Waals surface area contributed by atoms with E-state index in [1.54, 1.807) is 0 Å². The molecule has 15 rings (SSSR count). The van der Waals surface area contributed by atoms with Crippen LogP contribution in [0.4, 0.5) is 0 Å². The Balaban J connectivity index is 1.33. The van der Waals surface area contributed by atoms with Gasteiger partial charge in [-0.2, -0.15) is 0 Å². The largest absolute Gasteiger partial charge is 0.455 e. The van der Waals surface area contributed by atoms with E-state index in [2.05, 4.69) is 95.4 Å². The second-order valence-corrected chi connectivity index (χ2v) is 16.4. The van der Waals surface area contributed by atoms with Crippen LogP contribution in [0.5, 0.6) is 0 Å². The fourth-order valence-corrected chi connectivity index (χ4v) is 11.6. The number of carbonyl (C=O) groups is 2. The molecular weight excluding hydrogens is 639 g/mol. The van der Waals surface area contributed by atoms with Gasteiger partial charge in [0.05, 0.1) is 16.6 Å². The summed E-state index contributed by atoms with van der Waals surface area (Å²) in [5.41, 5.74) is 11.5. The van der Waals surface area contributed by atoms with Crippen molar-refractivity contribution in [3.05, 3.63) is 113 Å². The van der Waals surface area contributed by atoms with E-state index in [0.29, 0.717) is 23.4 Å². The summed E-state index contributed by atoms with van der Waals surface area (Å²) in [4.78, 5) is 28.4. The molecule has 0 saturated heterocycles. The highest BCUT2D eigenvalue weighted by Gasteiger charge is 2.39. The Kier molecular flexibility index (Phi) is 5.24. The van der Waals surface area contributed by atoms with Gasteiger partial charge in [0.2, 0.25) is 0 Å². The smallest absolute Gasteiger partial charge is 0.166 e. The van der Waals surface area contributed by atoms with Crippen molar-refractivity contribution in [1.82, 2.24) is 4.40 Å². The van der Waals surface area contributed by atoms with Gasteiger partial charge in [-0.15, -0.1) is 0 Å². The molecule has 0 unspecified atom stereocenters. The fraction of sp³-hybridized carbons (Fsp3) is 0.250. The highest BCUT2D eigenvalue weighted by molar-refractivity contribution is 6.40. The van der Waals surface area contributed by atoms with Gasteiger partial charge in [0, 0.05) is 60.8 Å². The molecule has 0 spiro atoms. The third-order valence-corrected chi connectivity index (χ3v) is 14.0. The molecule has 0 radical (unpaired) electrons. The molecule has 2 fully saturated rings. The Labute approximate surface area is 299 Å². The van der Waals surface area contributed by atoms with Crippen molar-refractivity contribution >= 4 is 82.4 Å². The number of carbonyl (C=O) groups excluding carboxylic acids is 2. The minimum atomic E-state index is 0.115. The van der Waals surface area contributed by atoms with E-state index in [9.17, 15) is 9.59 Å². The van der Waals surface area contributed by atoms with Crippen molar-refractivity contribution in [2.75, 3.05) is 0 Å². The van der Waals surface area contributed by atoms with Gasteiger partial charge >= 0.3 is 0 Å². The third kappa shape index (κ3) is 3.36. The van der Waals surface area contributed by atoms with E-state index in [-0.39, 0.29) is 11.8 Å². The Morgan fingerprint density at radius 1 is 0.519 bits per heavy atom. The number of Topliss-reactive ketones (excluding diaryl/α,β-unsaturated/α-hetero) is 2. The molecule has 3 heterocycles. The van der Waals surface area contributed by atoms with Crippen molar-refractivity contribution in [2.45, 2.75) is 63.2 Å². The van der Waals surface area contributed by atoms with E-state index in [1.165, 1.54) is 38.1 Å². The third-order valence-electron chi connectivity index (χ3n) is 14.0. The highest BCUT2D eigenvalue weighted by Crippen LogP contribution is 2.54. The number of nitrogens with zero attached hydrogens (tertiary/aromatic N) is 1. The Bertz CT molecular complexity index is 3070. The van der Waals surface area contributed by atoms with Crippen LogP contribution in [0.1, 0.15) is 95.0 Å². The zero-order chi connectivity index (χ0) is 34.0. The van der Waals surface area contributed by atoms with Crippen LogP contribution in [-0.2, 0) is 0 Å². The number of aromatic nitrogens is 1. The average Bonchev–Trinajstić information content (AvgIpc) is 3.51. The maximum atomic E-state index is 14.2. The van der Waals surface area contributed by atoms with Gasteiger partial charge in [0.15, 0.2) is 11.6 Å². The van der Waals surface area contributed by atoms with Crippen LogP contribution in [0.3, 0.4) is 0 Å². The zero-order valence-electron chi connectivity index (χ0n) is 28.8. The van der Waals surface area contributed by atoms with Crippen LogP contribution in [-0.4, -0.2) is 16.0 Å². The van der Waals surface area contributed by atoms with E-state index in [4.69, 9.17) is 4.42 Å². The first-order chi connectivity index (χ1) is 25.6. The van der Waals surface area contributed by atoms with Crippen LogP contribution >= 0.6 is 0 Å². The summed E-state index contributed by atoms with van der Waals surface area (Å²) in [6.07, 6.45) is 8.22. The molecule has 0 amide bonds. The van der Waals surface area contributed by atoms with Crippen LogP contribution in [0.25, 0.3) is 81.9 Å². The van der Waals surface area contributed by atoms with Gasteiger partial charge in [0.25, 0.3) is 0 Å². The van der Waals surface area contributed by atoms with E-state index in [1.807, 2.05) is 0 Å². The molecule has 52 heavy (non-hydrogen) atoms. The molecule has 0 atom stereocenters. The Morgan fingerprint density at radius 2 is 1.10 bits per heavy atom. The second kappa shape index (κ2) is 9.68. The average molecular weight is 674 g/mol. The Morgan fingerprint density at radius 3 is 1.73 bits per heavy atom. The molecule has 4 bridgehead atoms. The van der Waals surface area contributed by atoms with Crippen molar-refractivity contribution in [3.8, 4) is 11.1 Å². The van der Waals surface area contributed by atoms with Crippen LogP contribution in [0.2, 0.25) is 0 Å². The van der Waals surface area contributed by atoms with Crippen molar-refractivity contribution in [2.24, 2.45) is 11.8 Å². The molecular formula is C48H35NO3. The molecule has 6 aliphatic rings. The summed E-state index contributed by atoms with van der Waals surface area (Å²) < 4.78 is 9.66. The number of fused-ring (bicyclic) bond motifs is 13. The number of hydrogen-bond donors (Lipinski definition) is 0. The standard InChI is InChI=1S/C48H35NO3/c50-46-28-16-12-24(13-17-28)31-20-35-37(22-33(31)46)49-38-23-34-32(25-14-18-29(19-15-25)47(34)51)21-36(38)43-44-30-10-4-8-26-9-5-11-39(40(26)30)52-48(44)41(42(35)45(43)49)27-6-2-1-3-7-27/h1-11,20-25,28-29H,12-19H2. The highest BCUT2D eigenvalue weighted by atomic mass is 16.3. The summed E-state index contributed by atoms with van der Waals surface area (Å²) in [5, 5.41) is 9.32. The monoisotopic (exact) mass is 673 g/mol. The molecule has 3 aromatic heterocycles. The first-order valence-corrected chi connectivity index (χ1v) is 19.4. The topological polar surface area (TPSA) is 51.7 Å². The van der Waals surface area contributed by atoms with Gasteiger partial charge in [-0.3, -0.25) is 9.59 Å². The number of ketones is 2. The molecule has 0 aliphatic heterocycles. The van der Waals surface area contributed by atoms with E-state index >= 15 is 0 Å². The first-order valence-electron chi connectivity index (χ1n) is 19.4. The molecule has 0 N–H and O–H groups in total. The van der Waals surface area contributed by atoms with Gasteiger partial charge in [-0.25, -0.2) is 0 Å². The first kappa shape index (κ1) is 28.1. The Hall–Kier alpha value is -5.48. The number of rotatable bonds is 1. The van der Waals surface area contributed by atoms with Crippen molar-refractivity contribution in [3.63, 3.8) is 0 Å². The zero-order valence-corrected chi connectivity index (χ0v) is 28.8. The maximum absolute atomic E-state index is 14.2. The van der Waals surface area contributed by atoms with Gasteiger partial charge in [0.1, 0.15) is 11.2 Å². The minimum absolute atomic E-state index is 0.115. The normalized spacial score (nSPS) is 22.8.